The molecule has 0 aromatic carbocycles. The average molecular weight is 321 g/mol. The van der Waals surface area contributed by atoms with Crippen LogP contribution in [0.1, 0.15) is 18.7 Å². The van der Waals surface area contributed by atoms with Crippen LogP contribution in [0.4, 0.5) is 5.69 Å². The Morgan fingerprint density at radius 2 is 2.04 bits per heavy atom. The quantitative estimate of drug-likeness (QED) is 0.718. The Kier molecular flexibility index (Phi) is 3.72. The third-order valence-electron chi connectivity index (χ3n) is 4.23. The molecule has 1 aliphatic carbocycles. The van der Waals surface area contributed by atoms with Crippen molar-refractivity contribution in [1.29, 1.82) is 0 Å². The Bertz CT molecular complexity index is 839. The van der Waals surface area contributed by atoms with Crippen molar-refractivity contribution in [2.75, 3.05) is 18.5 Å². The molecule has 3 heterocycles. The van der Waals surface area contributed by atoms with Crippen molar-refractivity contribution in [1.82, 2.24) is 20.1 Å². The largest absolute Gasteiger partial charge is 0.373 e. The van der Waals surface area contributed by atoms with Gasteiger partial charge in [0.2, 0.25) is 11.7 Å². The molecule has 0 atom stereocenters. The van der Waals surface area contributed by atoms with Gasteiger partial charge in [-0.3, -0.25) is 9.97 Å². The van der Waals surface area contributed by atoms with Gasteiger partial charge in [0.25, 0.3) is 0 Å². The van der Waals surface area contributed by atoms with E-state index in [-0.39, 0.29) is 0 Å². The highest BCUT2D eigenvalue weighted by Crippen LogP contribution is 2.31. The summed E-state index contributed by atoms with van der Waals surface area (Å²) in [6, 6.07) is 7.90. The maximum Gasteiger partial charge on any atom is 0.223 e. The second kappa shape index (κ2) is 6.03. The van der Waals surface area contributed by atoms with Crippen LogP contribution in [0.5, 0.6) is 0 Å². The number of aryl methyl sites for hydroxylation is 1. The molecule has 6 heteroatoms. The molecule has 0 spiro atoms. The number of aromatic nitrogens is 4. The average Bonchev–Trinajstić information content (AvgIpc) is 3.32. The highest BCUT2D eigenvalue weighted by molar-refractivity contribution is 5.65. The Morgan fingerprint density at radius 1 is 1.17 bits per heavy atom. The van der Waals surface area contributed by atoms with Crippen LogP contribution in [0.25, 0.3) is 22.8 Å². The zero-order chi connectivity index (χ0) is 16.5. The molecule has 6 nitrogen and oxygen atoms in total. The summed E-state index contributed by atoms with van der Waals surface area (Å²) < 4.78 is 5.04. The van der Waals surface area contributed by atoms with E-state index in [4.69, 9.17) is 4.52 Å². The second-order valence-electron chi connectivity index (χ2n) is 6.29. The smallest absolute Gasteiger partial charge is 0.223 e. The maximum atomic E-state index is 5.04. The summed E-state index contributed by atoms with van der Waals surface area (Å²) in [7, 11) is 2.12. The summed E-state index contributed by atoms with van der Waals surface area (Å²) >= 11 is 0. The van der Waals surface area contributed by atoms with Crippen LogP contribution < -0.4 is 4.90 Å². The Hall–Kier alpha value is -2.76. The fourth-order valence-corrected chi connectivity index (χ4v) is 2.68. The summed E-state index contributed by atoms with van der Waals surface area (Å²) in [6.45, 7) is 2.88. The van der Waals surface area contributed by atoms with Crippen molar-refractivity contribution in [2.45, 2.75) is 19.8 Å². The zero-order valence-electron chi connectivity index (χ0n) is 13.8. The van der Waals surface area contributed by atoms with Crippen LogP contribution in [0.3, 0.4) is 0 Å². The summed E-state index contributed by atoms with van der Waals surface area (Å²) in [5, 5.41) is 3.95. The highest BCUT2D eigenvalue weighted by Gasteiger charge is 2.23. The molecular weight excluding hydrogens is 302 g/mol. The molecule has 1 saturated carbocycles. The van der Waals surface area contributed by atoms with Gasteiger partial charge in [0, 0.05) is 32.3 Å². The normalized spacial score (nSPS) is 13.9. The summed E-state index contributed by atoms with van der Waals surface area (Å²) in [4.78, 5) is 15.5. The maximum absolute atomic E-state index is 5.04. The van der Waals surface area contributed by atoms with Gasteiger partial charge >= 0.3 is 0 Å². The van der Waals surface area contributed by atoms with Gasteiger partial charge in [-0.25, -0.2) is 0 Å². The van der Waals surface area contributed by atoms with E-state index in [0.29, 0.717) is 11.7 Å². The number of pyridine rings is 2. The van der Waals surface area contributed by atoms with E-state index in [9.17, 15) is 0 Å². The standard InChI is InChI=1S/C18H19N5O/c1-12-21-18(22-24-12)14-7-8-19-17(9-14)16-6-5-15(10-20-16)23(2)11-13-3-4-13/h5-10,13H,3-4,11H2,1-2H3. The monoisotopic (exact) mass is 321 g/mol. The van der Waals surface area contributed by atoms with Crippen molar-refractivity contribution in [3.8, 4) is 22.8 Å². The molecule has 0 bridgehead atoms. The molecule has 1 aliphatic rings. The van der Waals surface area contributed by atoms with Gasteiger partial charge in [-0.1, -0.05) is 5.16 Å². The molecule has 3 aromatic heterocycles. The molecule has 3 aromatic rings. The first-order chi connectivity index (χ1) is 11.7. The minimum Gasteiger partial charge on any atom is -0.373 e. The number of hydrogen-bond acceptors (Lipinski definition) is 6. The van der Waals surface area contributed by atoms with Gasteiger partial charge in [0.1, 0.15) is 0 Å². The molecule has 0 amide bonds. The molecule has 24 heavy (non-hydrogen) atoms. The number of rotatable bonds is 5. The molecule has 0 N–H and O–H groups in total. The molecule has 0 aliphatic heterocycles. The van der Waals surface area contributed by atoms with E-state index in [1.54, 1.807) is 13.1 Å². The number of nitrogens with zero attached hydrogens (tertiary/aromatic N) is 5. The lowest BCUT2D eigenvalue weighted by atomic mass is 10.1. The van der Waals surface area contributed by atoms with E-state index in [2.05, 4.69) is 38.1 Å². The van der Waals surface area contributed by atoms with Crippen LogP contribution in [0.15, 0.2) is 41.2 Å². The van der Waals surface area contributed by atoms with Gasteiger partial charge < -0.3 is 9.42 Å². The molecule has 122 valence electrons. The topological polar surface area (TPSA) is 67.9 Å². The van der Waals surface area contributed by atoms with Gasteiger partial charge in [0.05, 0.1) is 23.3 Å². The molecule has 0 saturated heterocycles. The molecular formula is C18H19N5O. The van der Waals surface area contributed by atoms with E-state index in [0.717, 1.165) is 35.1 Å². The minimum absolute atomic E-state index is 0.546. The second-order valence-corrected chi connectivity index (χ2v) is 6.29. The third-order valence-corrected chi connectivity index (χ3v) is 4.23. The molecule has 0 radical (unpaired) electrons. The Labute approximate surface area is 140 Å². The van der Waals surface area contributed by atoms with Crippen molar-refractivity contribution in [3.63, 3.8) is 0 Å². The summed E-state index contributed by atoms with van der Waals surface area (Å²) in [5.74, 6) is 1.97. The van der Waals surface area contributed by atoms with E-state index in [1.807, 2.05) is 24.4 Å². The molecule has 1 fully saturated rings. The van der Waals surface area contributed by atoms with E-state index >= 15 is 0 Å². The van der Waals surface area contributed by atoms with Gasteiger partial charge in [-0.2, -0.15) is 4.98 Å². The van der Waals surface area contributed by atoms with Crippen LogP contribution in [0.2, 0.25) is 0 Å². The van der Waals surface area contributed by atoms with Crippen LogP contribution >= 0.6 is 0 Å². The van der Waals surface area contributed by atoms with Crippen molar-refractivity contribution in [2.24, 2.45) is 5.92 Å². The van der Waals surface area contributed by atoms with E-state index < -0.39 is 0 Å². The van der Waals surface area contributed by atoms with Crippen molar-refractivity contribution < 1.29 is 4.52 Å². The summed E-state index contributed by atoms with van der Waals surface area (Å²) in [6.07, 6.45) is 6.35. The number of anilines is 1. The van der Waals surface area contributed by atoms with Crippen LogP contribution in [-0.2, 0) is 0 Å². The number of hydrogen-bond donors (Lipinski definition) is 0. The predicted octanol–water partition coefficient (Wildman–Crippen LogP) is 3.35. The van der Waals surface area contributed by atoms with E-state index in [1.165, 1.54) is 12.8 Å². The first-order valence-electron chi connectivity index (χ1n) is 8.13. The van der Waals surface area contributed by atoms with Crippen LogP contribution in [0, 0.1) is 12.8 Å². The third kappa shape index (κ3) is 3.13. The lowest BCUT2D eigenvalue weighted by Gasteiger charge is -2.18. The first kappa shape index (κ1) is 14.8. The summed E-state index contributed by atoms with van der Waals surface area (Å²) in [5.41, 5.74) is 3.64. The lowest BCUT2D eigenvalue weighted by molar-refractivity contribution is 0.394. The van der Waals surface area contributed by atoms with Gasteiger partial charge in [-0.15, -0.1) is 0 Å². The SMILES string of the molecule is Cc1nc(-c2ccnc(-c3ccc(N(C)CC4CC4)cn3)c2)no1. The minimum atomic E-state index is 0.546. The molecule has 0 unspecified atom stereocenters. The molecule has 4 rings (SSSR count). The van der Waals surface area contributed by atoms with Crippen molar-refractivity contribution in [3.05, 3.63) is 42.5 Å². The Balaban J connectivity index is 1.57. The van der Waals surface area contributed by atoms with Crippen molar-refractivity contribution >= 4 is 5.69 Å². The Morgan fingerprint density at radius 3 is 2.71 bits per heavy atom. The predicted molar refractivity (Wildman–Crippen MR) is 91.5 cm³/mol. The fraction of sp³-hybridized carbons (Fsp3) is 0.333. The fourth-order valence-electron chi connectivity index (χ4n) is 2.68. The highest BCUT2D eigenvalue weighted by atomic mass is 16.5. The zero-order valence-corrected chi connectivity index (χ0v) is 13.8. The van der Waals surface area contributed by atoms with Gasteiger partial charge in [-0.05, 0) is 43.0 Å². The van der Waals surface area contributed by atoms with Crippen LogP contribution in [-0.4, -0.2) is 33.7 Å². The van der Waals surface area contributed by atoms with Gasteiger partial charge in [0.15, 0.2) is 0 Å². The first-order valence-corrected chi connectivity index (χ1v) is 8.13. The lowest BCUT2D eigenvalue weighted by Crippen LogP contribution is -2.19.